The SMILES string of the molecule is CC(C)=CCN1CCC(NCCN(C)C)CC1. The molecule has 1 saturated heterocycles. The van der Waals surface area contributed by atoms with E-state index < -0.39 is 0 Å². The summed E-state index contributed by atoms with van der Waals surface area (Å²) in [6, 6.07) is 0.734. The Hall–Kier alpha value is -0.380. The van der Waals surface area contributed by atoms with E-state index in [4.69, 9.17) is 0 Å². The van der Waals surface area contributed by atoms with Crippen LogP contribution in [0.4, 0.5) is 0 Å². The number of likely N-dealkylation sites (tertiary alicyclic amines) is 1. The minimum atomic E-state index is 0.734. The summed E-state index contributed by atoms with van der Waals surface area (Å²) in [5, 5.41) is 3.65. The highest BCUT2D eigenvalue weighted by Crippen LogP contribution is 2.10. The fourth-order valence-corrected chi connectivity index (χ4v) is 2.12. The lowest BCUT2D eigenvalue weighted by Gasteiger charge is -2.32. The molecule has 0 atom stereocenters. The van der Waals surface area contributed by atoms with Gasteiger partial charge in [-0.15, -0.1) is 0 Å². The molecule has 0 aromatic rings. The Kier molecular flexibility index (Phi) is 6.78. The number of piperidine rings is 1. The van der Waals surface area contributed by atoms with Crippen LogP contribution in [0.3, 0.4) is 0 Å². The Bertz CT molecular complexity index is 224. The molecule has 17 heavy (non-hydrogen) atoms. The minimum Gasteiger partial charge on any atom is -0.313 e. The number of likely N-dealkylation sites (N-methyl/N-ethyl adjacent to an activating group) is 1. The number of hydrogen-bond donors (Lipinski definition) is 1. The van der Waals surface area contributed by atoms with Gasteiger partial charge in [0.15, 0.2) is 0 Å². The predicted molar refractivity (Wildman–Crippen MR) is 75.4 cm³/mol. The van der Waals surface area contributed by atoms with Crippen LogP contribution in [0, 0.1) is 0 Å². The molecule has 0 spiro atoms. The zero-order valence-corrected chi connectivity index (χ0v) is 12.0. The van der Waals surface area contributed by atoms with Gasteiger partial charge in [0.05, 0.1) is 0 Å². The fourth-order valence-electron chi connectivity index (χ4n) is 2.12. The van der Waals surface area contributed by atoms with Crippen molar-refractivity contribution in [2.75, 3.05) is 46.8 Å². The van der Waals surface area contributed by atoms with Gasteiger partial charge in [-0.1, -0.05) is 11.6 Å². The quantitative estimate of drug-likeness (QED) is 0.710. The second kappa shape index (κ2) is 7.85. The molecule has 1 aliphatic rings. The van der Waals surface area contributed by atoms with Gasteiger partial charge in [0.2, 0.25) is 0 Å². The molecule has 0 amide bonds. The smallest absolute Gasteiger partial charge is 0.0165 e. The third-order valence-electron chi connectivity index (χ3n) is 3.34. The van der Waals surface area contributed by atoms with Crippen molar-refractivity contribution in [3.8, 4) is 0 Å². The third kappa shape index (κ3) is 6.81. The summed E-state index contributed by atoms with van der Waals surface area (Å²) in [5.41, 5.74) is 1.43. The summed E-state index contributed by atoms with van der Waals surface area (Å²) in [6.45, 7) is 10.2. The van der Waals surface area contributed by atoms with Crippen molar-refractivity contribution in [2.24, 2.45) is 0 Å². The van der Waals surface area contributed by atoms with Gasteiger partial charge in [0, 0.05) is 25.7 Å². The highest BCUT2D eigenvalue weighted by atomic mass is 15.1. The summed E-state index contributed by atoms with van der Waals surface area (Å²) in [6.07, 6.45) is 4.92. The van der Waals surface area contributed by atoms with Gasteiger partial charge < -0.3 is 10.2 Å². The Morgan fingerprint density at radius 1 is 1.29 bits per heavy atom. The van der Waals surface area contributed by atoms with Crippen LogP contribution in [-0.2, 0) is 0 Å². The van der Waals surface area contributed by atoms with Crippen LogP contribution >= 0.6 is 0 Å². The highest BCUT2D eigenvalue weighted by Gasteiger charge is 2.17. The molecule has 1 fully saturated rings. The molecule has 0 saturated carbocycles. The number of hydrogen-bond acceptors (Lipinski definition) is 3. The van der Waals surface area contributed by atoms with E-state index in [0.717, 1.165) is 25.7 Å². The predicted octanol–water partition coefficient (Wildman–Crippen LogP) is 1.57. The minimum absolute atomic E-state index is 0.734. The lowest BCUT2D eigenvalue weighted by Crippen LogP contribution is -2.44. The van der Waals surface area contributed by atoms with Gasteiger partial charge in [0.25, 0.3) is 0 Å². The first-order valence-electron chi connectivity index (χ1n) is 6.81. The molecule has 0 aromatic heterocycles. The van der Waals surface area contributed by atoms with E-state index >= 15 is 0 Å². The van der Waals surface area contributed by atoms with Crippen molar-refractivity contribution in [2.45, 2.75) is 32.7 Å². The average molecular weight is 239 g/mol. The second-order valence-corrected chi connectivity index (χ2v) is 5.61. The van der Waals surface area contributed by atoms with Crippen LogP contribution in [0.15, 0.2) is 11.6 Å². The molecule has 1 rings (SSSR count). The van der Waals surface area contributed by atoms with E-state index in [0.29, 0.717) is 0 Å². The summed E-state index contributed by atoms with van der Waals surface area (Å²) in [4.78, 5) is 4.79. The van der Waals surface area contributed by atoms with Crippen molar-refractivity contribution < 1.29 is 0 Å². The average Bonchev–Trinajstić information content (AvgIpc) is 2.27. The Morgan fingerprint density at radius 2 is 1.94 bits per heavy atom. The Balaban J connectivity index is 2.11. The van der Waals surface area contributed by atoms with E-state index in [-0.39, 0.29) is 0 Å². The fraction of sp³-hybridized carbons (Fsp3) is 0.857. The monoisotopic (exact) mass is 239 g/mol. The highest BCUT2D eigenvalue weighted by molar-refractivity contribution is 4.95. The first kappa shape index (κ1) is 14.7. The van der Waals surface area contributed by atoms with Crippen LogP contribution in [0.25, 0.3) is 0 Å². The van der Waals surface area contributed by atoms with E-state index in [1.165, 1.54) is 31.5 Å². The lowest BCUT2D eigenvalue weighted by molar-refractivity contribution is 0.212. The van der Waals surface area contributed by atoms with Crippen LogP contribution < -0.4 is 5.32 Å². The molecule has 0 unspecified atom stereocenters. The van der Waals surface area contributed by atoms with Crippen molar-refractivity contribution in [3.63, 3.8) is 0 Å². The van der Waals surface area contributed by atoms with E-state index in [1.807, 2.05) is 0 Å². The van der Waals surface area contributed by atoms with Crippen LogP contribution in [0.2, 0.25) is 0 Å². The first-order valence-corrected chi connectivity index (χ1v) is 6.81. The maximum atomic E-state index is 3.65. The molecule has 0 aromatic carbocycles. The van der Waals surface area contributed by atoms with Crippen LogP contribution in [-0.4, -0.2) is 62.7 Å². The molecule has 1 N–H and O–H groups in total. The van der Waals surface area contributed by atoms with Gasteiger partial charge in [-0.3, -0.25) is 4.90 Å². The van der Waals surface area contributed by atoms with Gasteiger partial charge in [0.1, 0.15) is 0 Å². The zero-order valence-electron chi connectivity index (χ0n) is 12.0. The number of allylic oxidation sites excluding steroid dienone is 1. The van der Waals surface area contributed by atoms with Crippen LogP contribution in [0.1, 0.15) is 26.7 Å². The summed E-state index contributed by atoms with van der Waals surface area (Å²) < 4.78 is 0. The zero-order chi connectivity index (χ0) is 12.7. The van der Waals surface area contributed by atoms with Gasteiger partial charge in [-0.05, 0) is 53.9 Å². The van der Waals surface area contributed by atoms with Gasteiger partial charge >= 0.3 is 0 Å². The van der Waals surface area contributed by atoms with Crippen molar-refractivity contribution in [3.05, 3.63) is 11.6 Å². The Labute approximate surface area is 107 Å². The molecule has 0 aliphatic carbocycles. The van der Waals surface area contributed by atoms with E-state index in [2.05, 4.69) is 49.1 Å². The Morgan fingerprint density at radius 3 is 2.47 bits per heavy atom. The number of nitrogens with one attached hydrogen (secondary N) is 1. The topological polar surface area (TPSA) is 18.5 Å². The molecule has 3 heteroatoms. The van der Waals surface area contributed by atoms with Crippen molar-refractivity contribution in [1.29, 1.82) is 0 Å². The molecular formula is C14H29N3. The van der Waals surface area contributed by atoms with E-state index in [9.17, 15) is 0 Å². The maximum absolute atomic E-state index is 3.65. The first-order chi connectivity index (χ1) is 8.08. The molecule has 0 radical (unpaired) electrons. The normalized spacial score (nSPS) is 18.6. The standard InChI is InChI=1S/C14H29N3/c1-13(2)5-9-17-10-6-14(7-11-17)15-8-12-16(3)4/h5,14-15H,6-12H2,1-4H3. The van der Waals surface area contributed by atoms with Crippen molar-refractivity contribution >= 4 is 0 Å². The molecule has 1 heterocycles. The van der Waals surface area contributed by atoms with E-state index in [1.54, 1.807) is 0 Å². The lowest BCUT2D eigenvalue weighted by atomic mass is 10.0. The van der Waals surface area contributed by atoms with Crippen molar-refractivity contribution in [1.82, 2.24) is 15.1 Å². The van der Waals surface area contributed by atoms with Crippen LogP contribution in [0.5, 0.6) is 0 Å². The second-order valence-electron chi connectivity index (χ2n) is 5.61. The third-order valence-corrected chi connectivity index (χ3v) is 3.34. The summed E-state index contributed by atoms with van der Waals surface area (Å²) >= 11 is 0. The molecule has 0 bridgehead atoms. The maximum Gasteiger partial charge on any atom is 0.0165 e. The molecule has 1 aliphatic heterocycles. The molecule has 100 valence electrons. The number of rotatable bonds is 6. The summed E-state index contributed by atoms with van der Waals surface area (Å²) in [5.74, 6) is 0. The van der Waals surface area contributed by atoms with Gasteiger partial charge in [-0.25, -0.2) is 0 Å². The van der Waals surface area contributed by atoms with Gasteiger partial charge in [-0.2, -0.15) is 0 Å². The largest absolute Gasteiger partial charge is 0.313 e. The number of nitrogens with zero attached hydrogens (tertiary/aromatic N) is 2. The molecule has 3 nitrogen and oxygen atoms in total. The molecular weight excluding hydrogens is 210 g/mol. The summed E-state index contributed by atoms with van der Waals surface area (Å²) in [7, 11) is 4.26.